The molecule has 0 saturated heterocycles. The molecular weight excluding hydrogens is 192 g/mol. The minimum atomic E-state index is -0.833. The Kier molecular flexibility index (Phi) is 19.1. The zero-order valence-electron chi connectivity index (χ0n) is 8.60. The molecule has 0 aliphatic carbocycles. The highest BCUT2D eigenvalue weighted by molar-refractivity contribution is 5.66. The number of aliphatic hydroxyl groups excluding tert-OH is 2. The van der Waals surface area contributed by atoms with Gasteiger partial charge in [-0.2, -0.15) is 0 Å². The normalized spacial score (nSPS) is 9.79. The minimum Gasteiger partial charge on any atom is -0.481 e. The quantitative estimate of drug-likeness (QED) is 0.507. The summed E-state index contributed by atoms with van der Waals surface area (Å²) < 4.78 is 0. The number of carboxylic acid groups (broad SMARTS) is 2. The molecule has 0 aromatic carbocycles. The zero-order chi connectivity index (χ0) is 12.1. The van der Waals surface area contributed by atoms with Crippen LogP contribution < -0.4 is 0 Å². The van der Waals surface area contributed by atoms with Crippen LogP contribution in [0.3, 0.4) is 0 Å². The maximum absolute atomic E-state index is 9.37. The fourth-order valence-electron chi connectivity index (χ4n) is 0. The Labute approximate surface area is 82.8 Å². The Morgan fingerprint density at radius 3 is 1.43 bits per heavy atom. The molecule has 0 aromatic rings. The molecule has 0 radical (unpaired) electrons. The van der Waals surface area contributed by atoms with Crippen LogP contribution in [0.5, 0.6) is 0 Å². The van der Waals surface area contributed by atoms with E-state index in [1.165, 1.54) is 6.92 Å². The van der Waals surface area contributed by atoms with Gasteiger partial charge in [0.25, 0.3) is 5.97 Å². The second-order valence-electron chi connectivity index (χ2n) is 2.30. The summed E-state index contributed by atoms with van der Waals surface area (Å²) in [6.45, 7) is 4.07. The zero-order valence-corrected chi connectivity index (χ0v) is 8.60. The molecule has 6 heteroatoms. The van der Waals surface area contributed by atoms with Gasteiger partial charge in [0, 0.05) is 13.3 Å². The van der Waals surface area contributed by atoms with Crippen molar-refractivity contribution in [2.45, 2.75) is 33.3 Å². The molecule has 0 spiro atoms. The van der Waals surface area contributed by atoms with Gasteiger partial charge >= 0.3 is 5.97 Å². The number of hydrogen-bond acceptors (Lipinski definition) is 4. The second-order valence-corrected chi connectivity index (χ2v) is 2.30. The van der Waals surface area contributed by atoms with Gasteiger partial charge in [-0.1, -0.05) is 6.92 Å². The van der Waals surface area contributed by atoms with Gasteiger partial charge in [0.15, 0.2) is 0 Å². The van der Waals surface area contributed by atoms with E-state index in [9.17, 15) is 4.79 Å². The van der Waals surface area contributed by atoms with Crippen molar-refractivity contribution in [1.82, 2.24) is 0 Å². The number of carboxylic acids is 2. The molecule has 0 fully saturated rings. The summed E-state index contributed by atoms with van der Waals surface area (Å²) in [5, 5.41) is 31.1. The third kappa shape index (κ3) is 129. The van der Waals surface area contributed by atoms with Gasteiger partial charge in [0.1, 0.15) is 0 Å². The van der Waals surface area contributed by atoms with Gasteiger partial charge in [0.05, 0.1) is 12.7 Å². The van der Waals surface area contributed by atoms with Crippen molar-refractivity contribution < 1.29 is 30.0 Å². The van der Waals surface area contributed by atoms with Crippen molar-refractivity contribution in [2.24, 2.45) is 0 Å². The first-order valence-corrected chi connectivity index (χ1v) is 3.98. The number of rotatable bonds is 2. The Morgan fingerprint density at radius 2 is 1.43 bits per heavy atom. The fourth-order valence-corrected chi connectivity index (χ4v) is 0. The highest BCUT2D eigenvalue weighted by atomic mass is 16.4. The SMILES string of the molecule is CC(=O)O.CC(O)CO.CCC(=O)O. The van der Waals surface area contributed by atoms with Crippen LogP contribution in [0.15, 0.2) is 0 Å². The van der Waals surface area contributed by atoms with E-state index in [2.05, 4.69) is 0 Å². The lowest BCUT2D eigenvalue weighted by Crippen LogP contribution is -2.03. The molecule has 14 heavy (non-hydrogen) atoms. The van der Waals surface area contributed by atoms with Crippen LogP contribution in [-0.4, -0.2) is 45.1 Å². The topological polar surface area (TPSA) is 115 Å². The molecule has 1 atom stereocenters. The second kappa shape index (κ2) is 14.4. The first-order valence-electron chi connectivity index (χ1n) is 3.98. The van der Waals surface area contributed by atoms with Crippen LogP contribution in [0.1, 0.15) is 27.2 Å². The van der Waals surface area contributed by atoms with Crippen LogP contribution >= 0.6 is 0 Å². The summed E-state index contributed by atoms with van der Waals surface area (Å²) in [4.78, 5) is 18.4. The average molecular weight is 210 g/mol. The molecule has 0 saturated carbocycles. The molecule has 4 N–H and O–H groups in total. The summed E-state index contributed by atoms with van der Waals surface area (Å²) in [6.07, 6.45) is -0.338. The largest absolute Gasteiger partial charge is 0.481 e. The Hall–Kier alpha value is -1.14. The number of aliphatic carboxylic acids is 2. The van der Waals surface area contributed by atoms with E-state index in [0.29, 0.717) is 0 Å². The molecule has 86 valence electrons. The molecule has 1 unspecified atom stereocenters. The standard InChI is InChI=1S/C3H8O2.C3H6O2.C2H4O2/c1-3(5)2-4;1-2-3(4)5;1-2(3)4/h3-5H,2H2,1H3;2H2,1H3,(H,4,5);1H3,(H,3,4). The van der Waals surface area contributed by atoms with Crippen LogP contribution in [-0.2, 0) is 9.59 Å². The van der Waals surface area contributed by atoms with Crippen LogP contribution in [0.4, 0.5) is 0 Å². The summed E-state index contributed by atoms with van der Waals surface area (Å²) in [6, 6.07) is 0. The van der Waals surface area contributed by atoms with E-state index in [1.807, 2.05) is 0 Å². The summed E-state index contributed by atoms with van der Waals surface area (Å²) in [5.41, 5.74) is 0. The number of aliphatic hydroxyl groups is 2. The van der Waals surface area contributed by atoms with Crippen molar-refractivity contribution in [3.8, 4) is 0 Å². The van der Waals surface area contributed by atoms with Crippen molar-refractivity contribution in [3.05, 3.63) is 0 Å². The third-order valence-corrected chi connectivity index (χ3v) is 0.567. The molecule has 0 aliphatic heterocycles. The van der Waals surface area contributed by atoms with Crippen LogP contribution in [0.2, 0.25) is 0 Å². The Morgan fingerprint density at radius 1 is 1.29 bits per heavy atom. The van der Waals surface area contributed by atoms with Gasteiger partial charge in [-0.25, -0.2) is 0 Å². The van der Waals surface area contributed by atoms with Crippen molar-refractivity contribution in [1.29, 1.82) is 0 Å². The molecular formula is C8H18O6. The monoisotopic (exact) mass is 210 g/mol. The van der Waals surface area contributed by atoms with Crippen LogP contribution in [0.25, 0.3) is 0 Å². The van der Waals surface area contributed by atoms with E-state index >= 15 is 0 Å². The van der Waals surface area contributed by atoms with E-state index in [-0.39, 0.29) is 13.0 Å². The lowest BCUT2D eigenvalue weighted by Gasteiger charge is -1.90. The van der Waals surface area contributed by atoms with E-state index in [1.54, 1.807) is 6.92 Å². The third-order valence-electron chi connectivity index (χ3n) is 0.567. The summed E-state index contributed by atoms with van der Waals surface area (Å²) in [5.74, 6) is -1.58. The van der Waals surface area contributed by atoms with Gasteiger partial charge in [-0.3, -0.25) is 9.59 Å². The maximum Gasteiger partial charge on any atom is 0.303 e. The van der Waals surface area contributed by atoms with Crippen LogP contribution in [0, 0.1) is 0 Å². The molecule has 0 amide bonds. The van der Waals surface area contributed by atoms with E-state index in [4.69, 9.17) is 25.2 Å². The predicted octanol–water partition coefficient (Wildman–Crippen LogP) is -0.0686. The number of carbonyl (C=O) groups is 2. The van der Waals surface area contributed by atoms with Crippen molar-refractivity contribution in [2.75, 3.05) is 6.61 Å². The van der Waals surface area contributed by atoms with Gasteiger partial charge in [-0.15, -0.1) is 0 Å². The molecule has 0 aliphatic rings. The molecule has 0 heterocycles. The van der Waals surface area contributed by atoms with E-state index < -0.39 is 18.0 Å². The molecule has 6 nitrogen and oxygen atoms in total. The lowest BCUT2D eigenvalue weighted by molar-refractivity contribution is -0.137. The molecule has 0 aromatic heterocycles. The van der Waals surface area contributed by atoms with Gasteiger partial charge < -0.3 is 20.4 Å². The highest BCUT2D eigenvalue weighted by Gasteiger charge is 1.83. The molecule has 0 rings (SSSR count). The summed E-state index contributed by atoms with van der Waals surface area (Å²) >= 11 is 0. The first kappa shape index (κ1) is 18.6. The highest BCUT2D eigenvalue weighted by Crippen LogP contribution is 1.68. The van der Waals surface area contributed by atoms with Crippen molar-refractivity contribution >= 4 is 11.9 Å². The fraction of sp³-hybridized carbons (Fsp3) is 0.750. The smallest absolute Gasteiger partial charge is 0.303 e. The van der Waals surface area contributed by atoms with Crippen molar-refractivity contribution in [3.63, 3.8) is 0 Å². The predicted molar refractivity (Wildman–Crippen MR) is 50.0 cm³/mol. The van der Waals surface area contributed by atoms with Gasteiger partial charge in [0.2, 0.25) is 0 Å². The Balaban J connectivity index is -0.000000131. The van der Waals surface area contributed by atoms with Gasteiger partial charge in [-0.05, 0) is 6.92 Å². The first-order chi connectivity index (χ1) is 6.27. The minimum absolute atomic E-state index is 0.139. The maximum atomic E-state index is 9.37. The van der Waals surface area contributed by atoms with E-state index in [0.717, 1.165) is 6.92 Å². The summed E-state index contributed by atoms with van der Waals surface area (Å²) in [7, 11) is 0. The molecule has 0 bridgehead atoms. The lowest BCUT2D eigenvalue weighted by atomic mass is 10.5. The average Bonchev–Trinajstić information content (AvgIpc) is 2.04. The number of hydrogen-bond donors (Lipinski definition) is 4. The Bertz CT molecular complexity index is 139.